The summed E-state index contributed by atoms with van der Waals surface area (Å²) in [7, 11) is 0. The van der Waals surface area contributed by atoms with Gasteiger partial charge in [-0.3, -0.25) is 0 Å². The molecule has 0 heterocycles. The van der Waals surface area contributed by atoms with Gasteiger partial charge < -0.3 is 4.74 Å². The fourth-order valence-electron chi connectivity index (χ4n) is 2.09. The van der Waals surface area contributed by atoms with E-state index in [2.05, 4.69) is 29.8 Å². The topological polar surface area (TPSA) is 9.23 Å². The van der Waals surface area contributed by atoms with Crippen LogP contribution in [0.4, 0.5) is 8.78 Å². The van der Waals surface area contributed by atoms with E-state index in [1.54, 1.807) is 0 Å². The van der Waals surface area contributed by atoms with E-state index < -0.39 is 11.6 Å². The largest absolute Gasteiger partial charge is 0.488 e. The highest BCUT2D eigenvalue weighted by Crippen LogP contribution is 2.30. The van der Waals surface area contributed by atoms with E-state index in [-0.39, 0.29) is 16.6 Å². The number of ether oxygens (including phenoxy) is 1. The van der Waals surface area contributed by atoms with Gasteiger partial charge in [-0.15, -0.1) is 0 Å². The van der Waals surface area contributed by atoms with Gasteiger partial charge in [0, 0.05) is 0 Å². The maximum Gasteiger partial charge on any atom is 0.146 e. The Morgan fingerprint density at radius 1 is 1.14 bits per heavy atom. The lowest BCUT2D eigenvalue weighted by Gasteiger charge is -2.16. The van der Waals surface area contributed by atoms with Crippen LogP contribution in [0.15, 0.2) is 40.9 Å². The van der Waals surface area contributed by atoms with Gasteiger partial charge in [-0.25, -0.2) is 8.78 Å². The minimum Gasteiger partial charge on any atom is -0.488 e. The summed E-state index contributed by atoms with van der Waals surface area (Å²) >= 11 is 3.06. The fraction of sp³-hybridized carbons (Fsp3) is 0.294. The van der Waals surface area contributed by atoms with Crippen molar-refractivity contribution >= 4 is 15.9 Å². The van der Waals surface area contributed by atoms with Crippen molar-refractivity contribution in [3.63, 3.8) is 0 Å². The molecule has 0 aromatic heterocycles. The van der Waals surface area contributed by atoms with Crippen LogP contribution in [0.1, 0.15) is 37.3 Å². The SMILES string of the molecule is CCC(C)c1ccccc1OCc1c(F)ccc(Br)c1F. The molecule has 0 radical (unpaired) electrons. The van der Waals surface area contributed by atoms with Crippen LogP contribution in [-0.2, 0) is 6.61 Å². The van der Waals surface area contributed by atoms with Crippen LogP contribution in [0.5, 0.6) is 5.75 Å². The van der Waals surface area contributed by atoms with E-state index in [0.29, 0.717) is 11.7 Å². The molecule has 21 heavy (non-hydrogen) atoms. The molecule has 2 aromatic rings. The third-order valence-electron chi connectivity index (χ3n) is 3.57. The van der Waals surface area contributed by atoms with Gasteiger partial charge in [0.1, 0.15) is 24.0 Å². The first-order chi connectivity index (χ1) is 10.0. The lowest BCUT2D eigenvalue weighted by Crippen LogP contribution is -2.05. The number of hydrogen-bond acceptors (Lipinski definition) is 1. The molecule has 0 fully saturated rings. The molecule has 0 spiro atoms. The summed E-state index contributed by atoms with van der Waals surface area (Å²) in [4.78, 5) is 0. The third kappa shape index (κ3) is 3.62. The van der Waals surface area contributed by atoms with E-state index in [1.165, 1.54) is 12.1 Å². The highest BCUT2D eigenvalue weighted by molar-refractivity contribution is 9.10. The average Bonchev–Trinajstić information content (AvgIpc) is 2.50. The van der Waals surface area contributed by atoms with E-state index in [9.17, 15) is 8.78 Å². The van der Waals surface area contributed by atoms with Crippen LogP contribution in [0.25, 0.3) is 0 Å². The highest BCUT2D eigenvalue weighted by Gasteiger charge is 2.15. The minimum absolute atomic E-state index is 0.0664. The zero-order valence-electron chi connectivity index (χ0n) is 12.0. The van der Waals surface area contributed by atoms with Gasteiger partial charge in [-0.05, 0) is 52.0 Å². The molecule has 1 unspecified atom stereocenters. The molecule has 0 N–H and O–H groups in total. The molecule has 0 saturated heterocycles. The zero-order chi connectivity index (χ0) is 15.4. The van der Waals surface area contributed by atoms with Crippen molar-refractivity contribution in [3.05, 3.63) is 63.6 Å². The Balaban J connectivity index is 2.23. The van der Waals surface area contributed by atoms with Gasteiger partial charge >= 0.3 is 0 Å². The summed E-state index contributed by atoms with van der Waals surface area (Å²) in [5.74, 6) is -0.211. The van der Waals surface area contributed by atoms with Crippen LogP contribution in [0.2, 0.25) is 0 Å². The molecule has 0 saturated carbocycles. The van der Waals surface area contributed by atoms with Gasteiger partial charge in [0.05, 0.1) is 10.0 Å². The summed E-state index contributed by atoms with van der Waals surface area (Å²) < 4.78 is 33.5. The van der Waals surface area contributed by atoms with Gasteiger partial charge in [0.2, 0.25) is 0 Å². The normalized spacial score (nSPS) is 12.2. The molecule has 112 valence electrons. The molecule has 0 aliphatic rings. The zero-order valence-corrected chi connectivity index (χ0v) is 13.6. The van der Waals surface area contributed by atoms with Crippen molar-refractivity contribution in [1.82, 2.24) is 0 Å². The summed E-state index contributed by atoms with van der Waals surface area (Å²) in [5.41, 5.74) is 0.985. The smallest absolute Gasteiger partial charge is 0.146 e. The van der Waals surface area contributed by atoms with Gasteiger partial charge in [-0.2, -0.15) is 0 Å². The second-order valence-corrected chi connectivity index (χ2v) is 5.81. The molecule has 0 amide bonds. The number of benzene rings is 2. The van der Waals surface area contributed by atoms with Crippen molar-refractivity contribution in [2.45, 2.75) is 32.8 Å². The second kappa shape index (κ2) is 7.03. The summed E-state index contributed by atoms with van der Waals surface area (Å²) in [6, 6.07) is 10.2. The van der Waals surface area contributed by atoms with Gasteiger partial charge in [0.15, 0.2) is 0 Å². The van der Waals surface area contributed by atoms with E-state index in [1.807, 2.05) is 24.3 Å². The molecule has 2 rings (SSSR count). The molecule has 0 bridgehead atoms. The first-order valence-electron chi connectivity index (χ1n) is 6.88. The Morgan fingerprint density at radius 2 is 1.86 bits per heavy atom. The molecule has 0 aliphatic carbocycles. The van der Waals surface area contributed by atoms with Crippen molar-refractivity contribution in [2.75, 3.05) is 0 Å². The third-order valence-corrected chi connectivity index (χ3v) is 4.19. The molecule has 2 aromatic carbocycles. The van der Waals surface area contributed by atoms with Crippen LogP contribution in [0, 0.1) is 11.6 Å². The van der Waals surface area contributed by atoms with Gasteiger partial charge in [0.25, 0.3) is 0 Å². The Bertz CT molecular complexity index is 628. The standard InChI is InChI=1S/C17H17BrF2O/c1-3-11(2)12-6-4-5-7-16(12)21-10-13-15(19)9-8-14(18)17(13)20/h4-9,11H,3,10H2,1-2H3. The first kappa shape index (κ1) is 16.0. The van der Waals surface area contributed by atoms with E-state index >= 15 is 0 Å². The predicted octanol–water partition coefficient (Wildman–Crippen LogP) is 5.82. The molecule has 4 heteroatoms. The van der Waals surface area contributed by atoms with Crippen LogP contribution in [0.3, 0.4) is 0 Å². The van der Waals surface area contributed by atoms with E-state index in [4.69, 9.17) is 4.74 Å². The predicted molar refractivity (Wildman–Crippen MR) is 83.5 cm³/mol. The van der Waals surface area contributed by atoms with Crippen molar-refractivity contribution < 1.29 is 13.5 Å². The van der Waals surface area contributed by atoms with Crippen molar-refractivity contribution in [1.29, 1.82) is 0 Å². The fourth-order valence-corrected chi connectivity index (χ4v) is 2.46. The number of para-hydroxylation sites is 1. The second-order valence-electron chi connectivity index (χ2n) is 4.96. The average molecular weight is 355 g/mol. The quantitative estimate of drug-likeness (QED) is 0.614. The molecular weight excluding hydrogens is 338 g/mol. The highest BCUT2D eigenvalue weighted by atomic mass is 79.9. The van der Waals surface area contributed by atoms with Crippen LogP contribution < -0.4 is 4.74 Å². The maximum absolute atomic E-state index is 13.9. The number of rotatable bonds is 5. The van der Waals surface area contributed by atoms with E-state index in [0.717, 1.165) is 12.0 Å². The van der Waals surface area contributed by atoms with Crippen molar-refractivity contribution in [2.24, 2.45) is 0 Å². The Kier molecular flexibility index (Phi) is 5.34. The van der Waals surface area contributed by atoms with Crippen LogP contribution >= 0.6 is 15.9 Å². The Hall–Kier alpha value is -1.42. The van der Waals surface area contributed by atoms with Crippen LogP contribution in [-0.4, -0.2) is 0 Å². The Morgan fingerprint density at radius 3 is 2.57 bits per heavy atom. The summed E-state index contributed by atoms with van der Waals surface area (Å²) in [5, 5.41) is 0. The monoisotopic (exact) mass is 354 g/mol. The van der Waals surface area contributed by atoms with Crippen molar-refractivity contribution in [3.8, 4) is 5.75 Å². The number of hydrogen-bond donors (Lipinski definition) is 0. The number of halogens is 3. The molecule has 0 aliphatic heterocycles. The van der Waals surface area contributed by atoms with Gasteiger partial charge in [-0.1, -0.05) is 32.0 Å². The Labute approximate surface area is 132 Å². The lowest BCUT2D eigenvalue weighted by atomic mass is 9.98. The lowest BCUT2D eigenvalue weighted by molar-refractivity contribution is 0.287. The maximum atomic E-state index is 13.9. The molecule has 1 atom stereocenters. The first-order valence-corrected chi connectivity index (χ1v) is 7.68. The summed E-state index contributed by atoms with van der Waals surface area (Å²) in [6.45, 7) is 4.06. The minimum atomic E-state index is -0.615. The molecule has 1 nitrogen and oxygen atoms in total. The summed E-state index contributed by atoms with van der Waals surface area (Å²) in [6.07, 6.45) is 0.972. The molecular formula is C17H17BrF2O.